The lowest BCUT2D eigenvalue weighted by atomic mass is 10.0. The summed E-state index contributed by atoms with van der Waals surface area (Å²) >= 11 is 0. The molecule has 0 amide bonds. The van der Waals surface area contributed by atoms with Gasteiger partial charge in [0.25, 0.3) is 0 Å². The molecule has 4 rings (SSSR count). The van der Waals surface area contributed by atoms with Crippen molar-refractivity contribution >= 4 is 5.82 Å². The molecule has 0 radical (unpaired) electrons. The normalized spacial score (nSPS) is 17.2. The smallest absolute Gasteiger partial charge is 0.160 e. The molecule has 0 aliphatic carbocycles. The first-order valence-corrected chi connectivity index (χ1v) is 10.3. The lowest BCUT2D eigenvalue weighted by Crippen LogP contribution is -2.33. The summed E-state index contributed by atoms with van der Waals surface area (Å²) in [4.78, 5) is 14.8. The van der Waals surface area contributed by atoms with E-state index < -0.39 is 0 Å². The Morgan fingerprint density at radius 3 is 2.64 bits per heavy atom. The summed E-state index contributed by atoms with van der Waals surface area (Å²) < 4.78 is 5.25. The summed E-state index contributed by atoms with van der Waals surface area (Å²) in [5, 5.41) is 9.83. The molecule has 1 saturated heterocycles. The van der Waals surface area contributed by atoms with Crippen LogP contribution in [0.15, 0.2) is 18.2 Å². The Hall–Kier alpha value is -2.34. The van der Waals surface area contributed by atoms with E-state index in [1.807, 2.05) is 12.1 Å². The standard InChI is InChI=1S/C22H30N4O2/c1-15(2)21-23-18-14-25(13-16-6-7-19(27)20(12-16)28-3)11-8-17(18)22(24-21)26-9-4-5-10-26/h6-7,12,15,27H,4-5,8-11,13-14H2,1-3H3. The van der Waals surface area contributed by atoms with Gasteiger partial charge in [0.2, 0.25) is 0 Å². The van der Waals surface area contributed by atoms with Crippen molar-refractivity contribution in [3.8, 4) is 11.5 Å². The van der Waals surface area contributed by atoms with Crippen LogP contribution in [0.2, 0.25) is 0 Å². The minimum absolute atomic E-state index is 0.180. The average molecular weight is 383 g/mol. The Labute approximate surface area is 167 Å². The number of fused-ring (bicyclic) bond motifs is 1. The number of aromatic hydroxyl groups is 1. The number of benzene rings is 1. The predicted molar refractivity (Wildman–Crippen MR) is 110 cm³/mol. The number of phenols is 1. The summed E-state index contributed by atoms with van der Waals surface area (Å²) in [6, 6.07) is 5.58. The van der Waals surface area contributed by atoms with E-state index in [1.165, 1.54) is 29.9 Å². The van der Waals surface area contributed by atoms with Gasteiger partial charge >= 0.3 is 0 Å². The molecule has 1 fully saturated rings. The van der Waals surface area contributed by atoms with Crippen LogP contribution in [0.5, 0.6) is 11.5 Å². The highest BCUT2D eigenvalue weighted by atomic mass is 16.5. The highest BCUT2D eigenvalue weighted by Gasteiger charge is 2.27. The summed E-state index contributed by atoms with van der Waals surface area (Å²) in [7, 11) is 1.58. The lowest BCUT2D eigenvalue weighted by Gasteiger charge is -2.31. The highest BCUT2D eigenvalue weighted by molar-refractivity contribution is 5.51. The molecule has 3 heterocycles. The number of phenolic OH excluding ortho intramolecular Hbond substituents is 1. The second-order valence-corrected chi connectivity index (χ2v) is 8.15. The molecule has 150 valence electrons. The number of anilines is 1. The zero-order valence-electron chi connectivity index (χ0n) is 17.1. The summed E-state index contributed by atoms with van der Waals surface area (Å²) in [5.74, 6) is 3.16. The van der Waals surface area contributed by atoms with Gasteiger partial charge < -0.3 is 14.7 Å². The average Bonchev–Trinajstić information content (AvgIpc) is 3.23. The van der Waals surface area contributed by atoms with Gasteiger partial charge in [0, 0.05) is 44.2 Å². The van der Waals surface area contributed by atoms with Crippen LogP contribution in [0.25, 0.3) is 0 Å². The van der Waals surface area contributed by atoms with Gasteiger partial charge in [0.05, 0.1) is 12.8 Å². The topological polar surface area (TPSA) is 61.7 Å². The van der Waals surface area contributed by atoms with E-state index in [0.717, 1.165) is 50.5 Å². The lowest BCUT2D eigenvalue weighted by molar-refractivity contribution is 0.240. The van der Waals surface area contributed by atoms with E-state index in [9.17, 15) is 5.11 Å². The van der Waals surface area contributed by atoms with Crippen LogP contribution in [0.3, 0.4) is 0 Å². The molecule has 2 aliphatic heterocycles. The van der Waals surface area contributed by atoms with Gasteiger partial charge in [-0.1, -0.05) is 19.9 Å². The van der Waals surface area contributed by atoms with Gasteiger partial charge in [-0.05, 0) is 37.0 Å². The van der Waals surface area contributed by atoms with Crippen molar-refractivity contribution in [1.29, 1.82) is 0 Å². The van der Waals surface area contributed by atoms with Crippen molar-refractivity contribution in [2.45, 2.75) is 52.1 Å². The van der Waals surface area contributed by atoms with Crippen LogP contribution >= 0.6 is 0 Å². The van der Waals surface area contributed by atoms with Crippen LogP contribution in [-0.4, -0.2) is 46.7 Å². The SMILES string of the molecule is COc1cc(CN2CCc3c(nc(C(C)C)nc3N3CCCC3)C2)ccc1O. The van der Waals surface area contributed by atoms with E-state index >= 15 is 0 Å². The number of rotatable bonds is 5. The monoisotopic (exact) mass is 382 g/mol. The highest BCUT2D eigenvalue weighted by Crippen LogP contribution is 2.32. The molecule has 0 atom stereocenters. The minimum atomic E-state index is 0.180. The fraction of sp³-hybridized carbons (Fsp3) is 0.545. The fourth-order valence-electron chi connectivity index (χ4n) is 4.15. The Morgan fingerprint density at radius 1 is 1.14 bits per heavy atom. The number of hydrogen-bond acceptors (Lipinski definition) is 6. The van der Waals surface area contributed by atoms with Crippen molar-refractivity contribution in [2.75, 3.05) is 31.6 Å². The molecule has 0 spiro atoms. The van der Waals surface area contributed by atoms with Crippen LogP contribution in [0.1, 0.15) is 55.3 Å². The van der Waals surface area contributed by atoms with Gasteiger partial charge in [0.15, 0.2) is 11.5 Å². The number of methoxy groups -OCH3 is 1. The number of hydrogen-bond donors (Lipinski definition) is 1. The van der Waals surface area contributed by atoms with Crippen LogP contribution < -0.4 is 9.64 Å². The fourth-order valence-corrected chi connectivity index (χ4v) is 4.15. The van der Waals surface area contributed by atoms with E-state index in [4.69, 9.17) is 14.7 Å². The van der Waals surface area contributed by atoms with Crippen molar-refractivity contribution in [1.82, 2.24) is 14.9 Å². The van der Waals surface area contributed by atoms with Crippen molar-refractivity contribution < 1.29 is 9.84 Å². The van der Waals surface area contributed by atoms with Crippen molar-refractivity contribution in [3.63, 3.8) is 0 Å². The predicted octanol–water partition coefficient (Wildman–Crippen LogP) is 3.47. The molecular formula is C22H30N4O2. The van der Waals surface area contributed by atoms with Crippen LogP contribution in [0, 0.1) is 0 Å². The Kier molecular flexibility index (Phi) is 5.40. The van der Waals surface area contributed by atoms with Crippen molar-refractivity contribution in [2.24, 2.45) is 0 Å². The Bertz CT molecular complexity index is 847. The second-order valence-electron chi connectivity index (χ2n) is 8.15. The minimum Gasteiger partial charge on any atom is -0.504 e. The molecule has 0 unspecified atom stereocenters. The number of nitrogens with zero attached hydrogens (tertiary/aromatic N) is 4. The maximum Gasteiger partial charge on any atom is 0.160 e. The summed E-state index contributed by atoms with van der Waals surface area (Å²) in [5.41, 5.74) is 3.65. The van der Waals surface area contributed by atoms with Gasteiger partial charge in [-0.15, -0.1) is 0 Å². The maximum atomic E-state index is 9.83. The van der Waals surface area contributed by atoms with E-state index in [-0.39, 0.29) is 5.75 Å². The third-order valence-corrected chi connectivity index (χ3v) is 5.71. The van der Waals surface area contributed by atoms with Gasteiger partial charge in [-0.3, -0.25) is 4.90 Å². The molecule has 2 aliphatic rings. The molecule has 6 nitrogen and oxygen atoms in total. The molecule has 6 heteroatoms. The first-order chi connectivity index (χ1) is 13.5. The second kappa shape index (κ2) is 7.95. The summed E-state index contributed by atoms with van der Waals surface area (Å²) in [6.45, 7) is 9.19. The Morgan fingerprint density at radius 2 is 1.93 bits per heavy atom. The van der Waals surface area contributed by atoms with Gasteiger partial charge in [-0.25, -0.2) is 9.97 Å². The van der Waals surface area contributed by atoms with Crippen molar-refractivity contribution in [3.05, 3.63) is 40.8 Å². The Balaban J connectivity index is 1.59. The van der Waals surface area contributed by atoms with Gasteiger partial charge in [0.1, 0.15) is 11.6 Å². The molecule has 0 bridgehead atoms. The maximum absolute atomic E-state index is 9.83. The third-order valence-electron chi connectivity index (χ3n) is 5.71. The molecule has 2 aromatic rings. The first kappa shape index (κ1) is 19.0. The summed E-state index contributed by atoms with van der Waals surface area (Å²) in [6.07, 6.45) is 3.49. The number of ether oxygens (including phenoxy) is 1. The molecule has 0 saturated carbocycles. The zero-order valence-corrected chi connectivity index (χ0v) is 17.1. The molecule has 1 aromatic carbocycles. The first-order valence-electron chi connectivity index (χ1n) is 10.3. The number of aromatic nitrogens is 2. The van der Waals surface area contributed by atoms with Crippen LogP contribution in [0.4, 0.5) is 5.82 Å². The van der Waals surface area contributed by atoms with E-state index in [1.54, 1.807) is 13.2 Å². The van der Waals surface area contributed by atoms with E-state index in [2.05, 4.69) is 23.6 Å². The zero-order chi connectivity index (χ0) is 19.7. The molecule has 1 N–H and O–H groups in total. The molecule has 1 aromatic heterocycles. The quantitative estimate of drug-likeness (QED) is 0.854. The largest absolute Gasteiger partial charge is 0.504 e. The van der Waals surface area contributed by atoms with Gasteiger partial charge in [-0.2, -0.15) is 0 Å². The third kappa shape index (κ3) is 3.78. The van der Waals surface area contributed by atoms with Crippen LogP contribution in [-0.2, 0) is 19.5 Å². The molecule has 28 heavy (non-hydrogen) atoms. The van der Waals surface area contributed by atoms with E-state index in [0.29, 0.717) is 11.7 Å². The molecular weight excluding hydrogens is 352 g/mol.